The van der Waals surface area contributed by atoms with E-state index in [0.29, 0.717) is 34.4 Å². The monoisotopic (exact) mass is 428 g/mol. The summed E-state index contributed by atoms with van der Waals surface area (Å²) in [5.74, 6) is 0.249. The molecule has 0 amide bonds. The number of pyridine rings is 1. The number of hydrogen-bond acceptors (Lipinski definition) is 7. The van der Waals surface area contributed by atoms with Crippen LogP contribution in [0, 0.1) is 0 Å². The number of nitrogens with one attached hydrogen (secondary N) is 1. The Balaban J connectivity index is 2.12. The number of aliphatic hydroxyl groups is 1. The normalized spacial score (nSPS) is 17.7. The van der Waals surface area contributed by atoms with Gasteiger partial charge < -0.3 is 15.2 Å². The third kappa shape index (κ3) is 5.23. The van der Waals surface area contributed by atoms with E-state index in [-0.39, 0.29) is 18.4 Å². The summed E-state index contributed by atoms with van der Waals surface area (Å²) in [5, 5.41) is 13.8. The number of halogens is 1. The van der Waals surface area contributed by atoms with Crippen molar-refractivity contribution >= 4 is 34.8 Å². The van der Waals surface area contributed by atoms with Gasteiger partial charge >= 0.3 is 5.97 Å². The summed E-state index contributed by atoms with van der Waals surface area (Å²) in [4.78, 5) is 26.0. The number of hydrogen-bond donors (Lipinski definition) is 2. The van der Waals surface area contributed by atoms with E-state index in [0.717, 1.165) is 5.56 Å². The fourth-order valence-corrected chi connectivity index (χ4v) is 3.21. The highest BCUT2D eigenvalue weighted by molar-refractivity contribution is 6.31. The molecule has 1 aliphatic rings. The average Bonchev–Trinajstić information content (AvgIpc) is 2.89. The zero-order valence-corrected chi connectivity index (χ0v) is 17.9. The SMILES string of the molecule is COC(=O)CC[C@@H]1N=C(c2ccccn2)c2cc(Cl)ccc2N=C1NC(C)C(C)O. The first-order chi connectivity index (χ1) is 14.4. The Kier molecular flexibility index (Phi) is 7.18. The Morgan fingerprint density at radius 1 is 1.30 bits per heavy atom. The largest absolute Gasteiger partial charge is 0.469 e. The number of ether oxygens (including phenoxy) is 1. The van der Waals surface area contributed by atoms with Crippen LogP contribution in [0.5, 0.6) is 0 Å². The number of methoxy groups -OCH3 is 1. The van der Waals surface area contributed by atoms with Crippen molar-refractivity contribution in [2.24, 2.45) is 9.98 Å². The number of nitrogens with zero attached hydrogens (tertiary/aromatic N) is 3. The number of carbonyl (C=O) groups excluding carboxylic acids is 1. The van der Waals surface area contributed by atoms with Gasteiger partial charge in [0, 0.05) is 23.2 Å². The summed E-state index contributed by atoms with van der Waals surface area (Å²) in [6.45, 7) is 3.57. The van der Waals surface area contributed by atoms with Crippen LogP contribution in [0.3, 0.4) is 0 Å². The average molecular weight is 429 g/mol. The van der Waals surface area contributed by atoms with Gasteiger partial charge in [-0.2, -0.15) is 0 Å². The number of amidine groups is 1. The van der Waals surface area contributed by atoms with Crippen molar-refractivity contribution in [3.05, 3.63) is 58.9 Å². The number of aliphatic hydroxyl groups excluding tert-OH is 1. The number of fused-ring (bicyclic) bond motifs is 1. The van der Waals surface area contributed by atoms with Crippen molar-refractivity contribution in [2.75, 3.05) is 7.11 Å². The topological polar surface area (TPSA) is 96.2 Å². The van der Waals surface area contributed by atoms with Crippen LogP contribution < -0.4 is 5.32 Å². The summed E-state index contributed by atoms with van der Waals surface area (Å²) < 4.78 is 4.80. The minimum absolute atomic E-state index is 0.182. The minimum Gasteiger partial charge on any atom is -0.469 e. The first kappa shape index (κ1) is 21.9. The van der Waals surface area contributed by atoms with Crippen molar-refractivity contribution in [2.45, 2.75) is 44.9 Å². The van der Waals surface area contributed by atoms with Gasteiger partial charge in [-0.3, -0.25) is 14.8 Å². The van der Waals surface area contributed by atoms with Crippen LogP contribution in [0.1, 0.15) is 37.9 Å². The number of aliphatic imine (C=N–C) groups is 2. The lowest BCUT2D eigenvalue weighted by molar-refractivity contribution is -0.140. The molecule has 8 heteroatoms. The summed E-state index contributed by atoms with van der Waals surface area (Å²) in [7, 11) is 1.36. The quantitative estimate of drug-likeness (QED) is 0.688. The highest BCUT2D eigenvalue weighted by Crippen LogP contribution is 2.30. The van der Waals surface area contributed by atoms with E-state index in [1.807, 2.05) is 37.3 Å². The van der Waals surface area contributed by atoms with Crippen molar-refractivity contribution in [3.8, 4) is 0 Å². The van der Waals surface area contributed by atoms with Crippen LogP contribution in [0.4, 0.5) is 5.69 Å². The zero-order valence-electron chi connectivity index (χ0n) is 17.2. The summed E-state index contributed by atoms with van der Waals surface area (Å²) in [6, 6.07) is 10.3. The number of carbonyl (C=O) groups is 1. The van der Waals surface area contributed by atoms with Gasteiger partial charge in [0.2, 0.25) is 0 Å². The number of esters is 1. The molecule has 1 aliphatic heterocycles. The molecule has 0 saturated carbocycles. The van der Waals surface area contributed by atoms with Gasteiger partial charge in [0.25, 0.3) is 0 Å². The van der Waals surface area contributed by atoms with Gasteiger partial charge in [-0.25, -0.2) is 4.99 Å². The third-order valence-electron chi connectivity index (χ3n) is 4.91. The molecule has 0 fully saturated rings. The van der Waals surface area contributed by atoms with Gasteiger partial charge in [-0.05, 0) is 50.6 Å². The van der Waals surface area contributed by atoms with E-state index < -0.39 is 12.1 Å². The van der Waals surface area contributed by atoms with Crippen LogP contribution in [-0.4, -0.2) is 52.9 Å². The minimum atomic E-state index is -0.596. The molecule has 0 spiro atoms. The first-order valence-electron chi connectivity index (χ1n) is 9.78. The van der Waals surface area contributed by atoms with E-state index in [4.69, 9.17) is 26.3 Å². The van der Waals surface area contributed by atoms with Crippen molar-refractivity contribution in [3.63, 3.8) is 0 Å². The van der Waals surface area contributed by atoms with E-state index in [9.17, 15) is 9.90 Å². The predicted molar refractivity (Wildman–Crippen MR) is 118 cm³/mol. The second-order valence-corrected chi connectivity index (χ2v) is 7.59. The smallest absolute Gasteiger partial charge is 0.305 e. The van der Waals surface area contributed by atoms with Gasteiger partial charge in [-0.1, -0.05) is 17.7 Å². The van der Waals surface area contributed by atoms with Gasteiger partial charge in [0.05, 0.1) is 36.3 Å². The second-order valence-electron chi connectivity index (χ2n) is 7.16. The van der Waals surface area contributed by atoms with Crippen LogP contribution in [-0.2, 0) is 9.53 Å². The molecule has 30 heavy (non-hydrogen) atoms. The fourth-order valence-electron chi connectivity index (χ4n) is 3.03. The second kappa shape index (κ2) is 9.82. The Hall–Kier alpha value is -2.77. The molecule has 0 radical (unpaired) electrons. The molecule has 0 aliphatic carbocycles. The molecule has 2 unspecified atom stereocenters. The summed E-state index contributed by atoms with van der Waals surface area (Å²) in [5.41, 5.74) is 2.77. The summed E-state index contributed by atoms with van der Waals surface area (Å²) >= 11 is 6.27. The molecule has 1 aromatic carbocycles. The maximum atomic E-state index is 11.8. The Labute approximate surface area is 180 Å². The van der Waals surface area contributed by atoms with E-state index in [1.54, 1.807) is 19.2 Å². The molecular formula is C22H25ClN4O3. The standard InChI is InChI=1S/C22H25ClN4O3/c1-13(14(2)28)25-22-19(9-10-20(29)30-3)26-21(18-6-4-5-11-24-18)16-12-15(23)7-8-17(16)27-22/h4-8,11-14,19,28H,9-10H2,1-3H3,(H,25,27)/t13?,14?,19-/m0/s1. The van der Waals surface area contributed by atoms with Gasteiger partial charge in [0.15, 0.2) is 0 Å². The summed E-state index contributed by atoms with van der Waals surface area (Å²) in [6.07, 6.45) is 1.68. The Morgan fingerprint density at radius 2 is 2.10 bits per heavy atom. The van der Waals surface area contributed by atoms with Crippen LogP contribution in [0.2, 0.25) is 5.02 Å². The van der Waals surface area contributed by atoms with Crippen molar-refractivity contribution in [1.29, 1.82) is 0 Å². The molecule has 3 atom stereocenters. The molecule has 0 saturated heterocycles. The molecule has 3 rings (SSSR count). The third-order valence-corrected chi connectivity index (χ3v) is 5.15. The predicted octanol–water partition coefficient (Wildman–Crippen LogP) is 3.30. The highest BCUT2D eigenvalue weighted by atomic mass is 35.5. The first-order valence-corrected chi connectivity index (χ1v) is 10.2. The lowest BCUT2D eigenvalue weighted by atomic mass is 10.0. The van der Waals surface area contributed by atoms with E-state index in [1.165, 1.54) is 7.11 Å². The molecule has 1 aromatic heterocycles. The molecule has 2 aromatic rings. The van der Waals surface area contributed by atoms with Crippen LogP contribution in [0.25, 0.3) is 0 Å². The Morgan fingerprint density at radius 3 is 2.77 bits per heavy atom. The van der Waals surface area contributed by atoms with Gasteiger partial charge in [0.1, 0.15) is 11.9 Å². The molecule has 2 heterocycles. The van der Waals surface area contributed by atoms with E-state index >= 15 is 0 Å². The molecule has 2 N–H and O–H groups in total. The maximum Gasteiger partial charge on any atom is 0.305 e. The molecule has 7 nitrogen and oxygen atoms in total. The lowest BCUT2D eigenvalue weighted by Crippen LogP contribution is -2.44. The van der Waals surface area contributed by atoms with Gasteiger partial charge in [-0.15, -0.1) is 0 Å². The number of rotatable bonds is 6. The van der Waals surface area contributed by atoms with E-state index in [2.05, 4.69) is 10.3 Å². The molecule has 0 bridgehead atoms. The van der Waals surface area contributed by atoms with Crippen molar-refractivity contribution < 1.29 is 14.6 Å². The lowest BCUT2D eigenvalue weighted by Gasteiger charge is -2.22. The zero-order chi connectivity index (χ0) is 21.7. The molecule has 158 valence electrons. The molecular weight excluding hydrogens is 404 g/mol. The van der Waals surface area contributed by atoms with Crippen LogP contribution >= 0.6 is 11.6 Å². The number of benzene rings is 1. The fraction of sp³-hybridized carbons (Fsp3) is 0.364. The maximum absolute atomic E-state index is 11.8. The van der Waals surface area contributed by atoms with Crippen molar-refractivity contribution in [1.82, 2.24) is 10.3 Å². The highest BCUT2D eigenvalue weighted by Gasteiger charge is 2.26. The Bertz CT molecular complexity index is 960. The number of aromatic nitrogens is 1. The van der Waals surface area contributed by atoms with Crippen LogP contribution in [0.15, 0.2) is 52.6 Å².